The molecule has 0 radical (unpaired) electrons. The van der Waals surface area contributed by atoms with Gasteiger partial charge in [-0.1, -0.05) is 39.8 Å². The molecule has 3 fully saturated rings. The van der Waals surface area contributed by atoms with E-state index in [1.165, 1.54) is 13.3 Å². The van der Waals surface area contributed by atoms with Gasteiger partial charge in [0.25, 0.3) is 0 Å². The second-order valence-corrected chi connectivity index (χ2v) is 10.5. The second kappa shape index (κ2) is 5.69. The number of ether oxygens (including phenoxy) is 1. The van der Waals surface area contributed by atoms with E-state index in [1.54, 1.807) is 0 Å². The van der Waals surface area contributed by atoms with Crippen molar-refractivity contribution in [3.63, 3.8) is 0 Å². The molecular weight excluding hydrogens is 324 g/mol. The van der Waals surface area contributed by atoms with Crippen molar-refractivity contribution in [2.75, 3.05) is 0 Å². The van der Waals surface area contributed by atoms with Gasteiger partial charge >= 0.3 is 5.97 Å². The third-order valence-electron chi connectivity index (χ3n) is 9.02. The van der Waals surface area contributed by atoms with Gasteiger partial charge in [0.05, 0.1) is 0 Å². The van der Waals surface area contributed by atoms with Crippen LogP contribution in [0.3, 0.4) is 0 Å². The van der Waals surface area contributed by atoms with Crippen molar-refractivity contribution >= 4 is 11.8 Å². The van der Waals surface area contributed by atoms with E-state index < -0.39 is 0 Å². The van der Waals surface area contributed by atoms with Crippen molar-refractivity contribution in [2.24, 2.45) is 39.9 Å². The van der Waals surface area contributed by atoms with Crippen LogP contribution >= 0.6 is 0 Å². The normalized spacial score (nSPS) is 49.1. The summed E-state index contributed by atoms with van der Waals surface area (Å²) in [6.45, 7) is 10.7. The van der Waals surface area contributed by atoms with Gasteiger partial charge in [0, 0.05) is 24.2 Å². The van der Waals surface area contributed by atoms with Crippen molar-refractivity contribution < 1.29 is 14.3 Å². The van der Waals surface area contributed by atoms with Crippen molar-refractivity contribution in [1.82, 2.24) is 0 Å². The predicted octanol–water partition coefficient (Wildman–Crippen LogP) is 4.94. The van der Waals surface area contributed by atoms with Gasteiger partial charge in [0.15, 0.2) is 0 Å². The molecule has 3 saturated carbocycles. The van der Waals surface area contributed by atoms with Gasteiger partial charge < -0.3 is 4.74 Å². The zero-order valence-electron chi connectivity index (χ0n) is 17.0. The van der Waals surface area contributed by atoms with Crippen LogP contribution in [0.2, 0.25) is 0 Å². The quantitative estimate of drug-likeness (QED) is 0.492. The lowest BCUT2D eigenvalue weighted by atomic mass is 9.43. The molecule has 0 spiro atoms. The minimum atomic E-state index is -0.245. The van der Waals surface area contributed by atoms with Crippen LogP contribution in [0.5, 0.6) is 0 Å². The van der Waals surface area contributed by atoms with Crippen LogP contribution < -0.4 is 0 Å². The third-order valence-corrected chi connectivity index (χ3v) is 9.02. The van der Waals surface area contributed by atoms with E-state index in [0.29, 0.717) is 29.5 Å². The van der Waals surface area contributed by atoms with E-state index in [4.69, 9.17) is 4.74 Å². The summed E-state index contributed by atoms with van der Waals surface area (Å²) >= 11 is 0. The Labute approximate surface area is 157 Å². The molecule has 0 saturated heterocycles. The summed E-state index contributed by atoms with van der Waals surface area (Å²) in [5, 5.41) is 0. The Bertz CT molecular complexity index is 662. The van der Waals surface area contributed by atoms with Gasteiger partial charge in [-0.25, -0.2) is 0 Å². The van der Waals surface area contributed by atoms with E-state index in [0.717, 1.165) is 32.1 Å². The second-order valence-electron chi connectivity index (χ2n) is 10.5. The highest BCUT2D eigenvalue weighted by atomic mass is 16.5. The first-order chi connectivity index (χ1) is 12.1. The molecule has 3 nitrogen and oxygen atoms in total. The fraction of sp³-hybridized carbons (Fsp3) is 0.826. The van der Waals surface area contributed by atoms with Gasteiger partial charge in [-0.05, 0) is 61.2 Å². The fourth-order valence-electron chi connectivity index (χ4n) is 7.55. The fourth-order valence-corrected chi connectivity index (χ4v) is 7.55. The maximum absolute atomic E-state index is 12.6. The summed E-state index contributed by atoms with van der Waals surface area (Å²) < 4.78 is 5.73. The van der Waals surface area contributed by atoms with Crippen LogP contribution in [0.4, 0.5) is 0 Å². The minimum Gasteiger partial charge on any atom is -0.462 e. The summed E-state index contributed by atoms with van der Waals surface area (Å²) in [5.74, 6) is 2.46. The number of rotatable bonds is 1. The van der Waals surface area contributed by atoms with E-state index in [9.17, 15) is 9.59 Å². The number of allylic oxidation sites excluding steroid dienone is 2. The van der Waals surface area contributed by atoms with Crippen LogP contribution in [0.1, 0.15) is 73.1 Å². The molecule has 26 heavy (non-hydrogen) atoms. The summed E-state index contributed by atoms with van der Waals surface area (Å²) in [6, 6.07) is 0. The maximum Gasteiger partial charge on any atom is 0.302 e. The monoisotopic (exact) mass is 358 g/mol. The topological polar surface area (TPSA) is 43.4 Å². The summed E-state index contributed by atoms with van der Waals surface area (Å²) in [5.41, 5.74) is 0.0865. The zero-order valence-corrected chi connectivity index (χ0v) is 17.0. The van der Waals surface area contributed by atoms with E-state index in [-0.39, 0.29) is 28.3 Å². The van der Waals surface area contributed by atoms with Gasteiger partial charge in [-0.2, -0.15) is 0 Å². The van der Waals surface area contributed by atoms with Gasteiger partial charge in [0.2, 0.25) is 0 Å². The van der Waals surface area contributed by atoms with Crippen LogP contribution in [0.25, 0.3) is 0 Å². The lowest BCUT2D eigenvalue weighted by molar-refractivity contribution is -0.159. The van der Waals surface area contributed by atoms with Crippen LogP contribution in [0.15, 0.2) is 12.2 Å². The Morgan fingerprint density at radius 3 is 2.38 bits per heavy atom. The van der Waals surface area contributed by atoms with Crippen molar-refractivity contribution in [1.29, 1.82) is 0 Å². The highest BCUT2D eigenvalue weighted by molar-refractivity contribution is 5.85. The average molecular weight is 359 g/mol. The number of carbonyl (C=O) groups excluding carboxylic acids is 2. The molecular formula is C23H34O3. The zero-order chi connectivity index (χ0) is 18.9. The Morgan fingerprint density at radius 1 is 1.00 bits per heavy atom. The molecule has 0 aromatic carbocycles. The number of carbonyl (C=O) groups is 2. The number of esters is 1. The van der Waals surface area contributed by atoms with E-state index in [2.05, 4.69) is 39.8 Å². The lowest BCUT2D eigenvalue weighted by Gasteiger charge is -2.60. The number of Topliss-reactive ketones (excluding diaryl/α,β-unsaturated/α-hetero) is 1. The molecule has 7 atom stereocenters. The van der Waals surface area contributed by atoms with Gasteiger partial charge in [-0.3, -0.25) is 9.59 Å². The molecule has 0 aromatic rings. The minimum absolute atomic E-state index is 0.0780. The summed E-state index contributed by atoms with van der Waals surface area (Å²) in [6.07, 6.45) is 11.2. The molecule has 0 amide bonds. The molecule has 3 heteroatoms. The Balaban J connectivity index is 1.68. The standard InChI is InChI=1S/C23H34O3/c1-14(24)26-20-9-7-16-15-6-8-18-21(2,3)19(25)11-13-22(18,4)17(15)10-12-23(16,20)5/h6,8,15-18,20H,7,9-13H2,1-5H3. The SMILES string of the molecule is CC(=O)OC1CCC2C3C=CC4C(C)(C)C(=O)CCC4(C)C3CCC12C. The first-order valence-electron chi connectivity index (χ1n) is 10.5. The van der Waals surface area contributed by atoms with Crippen LogP contribution in [0, 0.1) is 39.9 Å². The molecule has 144 valence electrons. The molecule has 4 aliphatic carbocycles. The number of ketones is 1. The predicted molar refractivity (Wildman–Crippen MR) is 101 cm³/mol. The van der Waals surface area contributed by atoms with E-state index >= 15 is 0 Å². The highest BCUT2D eigenvalue weighted by Crippen LogP contribution is 2.66. The number of hydrogen-bond donors (Lipinski definition) is 0. The summed E-state index contributed by atoms with van der Waals surface area (Å²) in [4.78, 5) is 24.1. The smallest absolute Gasteiger partial charge is 0.302 e. The van der Waals surface area contributed by atoms with Crippen molar-refractivity contribution in [3.8, 4) is 0 Å². The van der Waals surface area contributed by atoms with Crippen molar-refractivity contribution in [2.45, 2.75) is 79.2 Å². The Kier molecular flexibility index (Phi) is 3.99. The molecule has 0 N–H and O–H groups in total. The maximum atomic E-state index is 12.6. The summed E-state index contributed by atoms with van der Waals surface area (Å²) in [7, 11) is 0. The first-order valence-corrected chi connectivity index (χ1v) is 10.5. The Morgan fingerprint density at radius 2 is 1.69 bits per heavy atom. The Hall–Kier alpha value is -1.12. The molecule has 4 rings (SSSR count). The lowest BCUT2D eigenvalue weighted by Crippen LogP contribution is -2.57. The largest absolute Gasteiger partial charge is 0.462 e. The number of fused-ring (bicyclic) bond motifs is 5. The molecule has 0 aliphatic heterocycles. The van der Waals surface area contributed by atoms with Gasteiger partial charge in [0.1, 0.15) is 11.9 Å². The van der Waals surface area contributed by atoms with Crippen LogP contribution in [-0.4, -0.2) is 17.9 Å². The molecule has 0 aromatic heterocycles. The van der Waals surface area contributed by atoms with Crippen molar-refractivity contribution in [3.05, 3.63) is 12.2 Å². The first kappa shape index (κ1) is 18.3. The number of hydrogen-bond acceptors (Lipinski definition) is 3. The highest BCUT2D eigenvalue weighted by Gasteiger charge is 2.62. The molecule has 0 heterocycles. The molecule has 0 bridgehead atoms. The van der Waals surface area contributed by atoms with E-state index in [1.807, 2.05) is 0 Å². The van der Waals surface area contributed by atoms with Gasteiger partial charge in [-0.15, -0.1) is 0 Å². The molecule has 4 aliphatic rings. The van der Waals surface area contributed by atoms with Crippen LogP contribution in [-0.2, 0) is 14.3 Å². The molecule has 7 unspecified atom stereocenters. The average Bonchev–Trinajstić information content (AvgIpc) is 2.88. The third kappa shape index (κ3) is 2.31.